The van der Waals surface area contributed by atoms with Gasteiger partial charge in [-0.15, -0.1) is 12.4 Å². The molecule has 0 atom stereocenters. The molecule has 9 nitrogen and oxygen atoms in total. The summed E-state index contributed by atoms with van der Waals surface area (Å²) in [4.78, 5) is 17.9. The van der Waals surface area contributed by atoms with E-state index in [1.165, 1.54) is 12.8 Å². The molecule has 132 valence electrons. The minimum Gasteiger partial charge on any atom is -0.395 e. The smallest absolute Gasteiger partial charge is 0.225 e. The Balaban J connectivity index is 0.00000208. The number of aliphatic hydroxyl groups excluding tert-OH is 1. The van der Waals surface area contributed by atoms with E-state index in [0.29, 0.717) is 41.1 Å². The van der Waals surface area contributed by atoms with E-state index in [1.54, 1.807) is 14.1 Å². The fourth-order valence-corrected chi connectivity index (χ4v) is 2.25. The number of halogens is 1. The Labute approximate surface area is 146 Å². The number of aromatic nitrogens is 4. The first kappa shape index (κ1) is 18.2. The van der Waals surface area contributed by atoms with Crippen molar-refractivity contribution in [3.63, 3.8) is 0 Å². The normalized spacial score (nSPS) is 13.3. The Morgan fingerprint density at radius 2 is 1.46 bits per heavy atom. The van der Waals surface area contributed by atoms with Crippen LogP contribution in [0, 0.1) is 5.92 Å². The molecule has 0 saturated heterocycles. The van der Waals surface area contributed by atoms with Crippen molar-refractivity contribution in [3.05, 3.63) is 0 Å². The van der Waals surface area contributed by atoms with E-state index in [0.717, 1.165) is 12.5 Å². The maximum atomic E-state index is 8.93. The van der Waals surface area contributed by atoms with E-state index in [-0.39, 0.29) is 19.0 Å². The van der Waals surface area contributed by atoms with Crippen molar-refractivity contribution in [2.75, 3.05) is 55.1 Å². The van der Waals surface area contributed by atoms with E-state index >= 15 is 0 Å². The SMILES string of the molecule is CNc1nc(NCC2CC2)nc2c(NC)nc(NCCO)nc12.Cl. The summed E-state index contributed by atoms with van der Waals surface area (Å²) in [5, 5.41) is 21.3. The lowest BCUT2D eigenvalue weighted by molar-refractivity contribution is 0.311. The minimum atomic E-state index is 0. The van der Waals surface area contributed by atoms with Crippen molar-refractivity contribution in [3.8, 4) is 0 Å². The molecule has 2 aromatic rings. The molecule has 24 heavy (non-hydrogen) atoms. The summed E-state index contributed by atoms with van der Waals surface area (Å²) in [6.45, 7) is 1.28. The molecule has 1 aliphatic rings. The van der Waals surface area contributed by atoms with E-state index in [1.807, 2.05) is 0 Å². The lowest BCUT2D eigenvalue weighted by Gasteiger charge is -2.13. The highest BCUT2D eigenvalue weighted by Gasteiger charge is 2.22. The standard InChI is InChI=1S/C14H22N8O.ClH/c1-15-11-10-9(19-13(21-11)17-5-6-23)12(16-2)22-14(20-10)18-7-8-3-4-8;/h8,23H,3-7H2,1-2H3,(H2,15,17,19,21)(H2,16,18,20,22);1H. The summed E-state index contributed by atoms with van der Waals surface area (Å²) in [6, 6.07) is 0. The first-order valence-corrected chi connectivity index (χ1v) is 7.79. The lowest BCUT2D eigenvalue weighted by Crippen LogP contribution is -2.13. The molecule has 0 amide bonds. The van der Waals surface area contributed by atoms with Gasteiger partial charge in [0, 0.05) is 27.2 Å². The summed E-state index contributed by atoms with van der Waals surface area (Å²) in [6.07, 6.45) is 2.54. The molecule has 2 heterocycles. The Bertz CT molecular complexity index is 694. The fourth-order valence-electron chi connectivity index (χ4n) is 2.25. The molecule has 2 aromatic heterocycles. The summed E-state index contributed by atoms with van der Waals surface area (Å²) >= 11 is 0. The zero-order valence-electron chi connectivity index (χ0n) is 13.8. The molecule has 3 rings (SSSR count). The third-order valence-corrected chi connectivity index (χ3v) is 3.66. The maximum absolute atomic E-state index is 8.93. The van der Waals surface area contributed by atoms with Crippen molar-refractivity contribution in [2.24, 2.45) is 5.92 Å². The Morgan fingerprint density at radius 1 is 0.917 bits per heavy atom. The number of rotatable bonds is 8. The van der Waals surface area contributed by atoms with Crippen molar-refractivity contribution in [1.82, 2.24) is 19.9 Å². The van der Waals surface area contributed by atoms with E-state index in [9.17, 15) is 0 Å². The number of hydrogen-bond acceptors (Lipinski definition) is 9. The van der Waals surface area contributed by atoms with Gasteiger partial charge < -0.3 is 26.4 Å². The van der Waals surface area contributed by atoms with Crippen molar-refractivity contribution in [2.45, 2.75) is 12.8 Å². The second kappa shape index (κ2) is 8.11. The van der Waals surface area contributed by atoms with Gasteiger partial charge in [0.25, 0.3) is 0 Å². The second-order valence-electron chi connectivity index (χ2n) is 5.46. The fraction of sp³-hybridized carbons (Fsp3) is 0.571. The van der Waals surface area contributed by atoms with Crippen LogP contribution in [0.25, 0.3) is 11.0 Å². The van der Waals surface area contributed by atoms with Crippen LogP contribution in [-0.2, 0) is 0 Å². The van der Waals surface area contributed by atoms with Gasteiger partial charge in [0.05, 0.1) is 6.61 Å². The van der Waals surface area contributed by atoms with Gasteiger partial charge in [-0.2, -0.15) is 9.97 Å². The number of nitrogens with zero attached hydrogens (tertiary/aromatic N) is 4. The molecule has 0 bridgehead atoms. The molecular weight excluding hydrogens is 332 g/mol. The van der Waals surface area contributed by atoms with Crippen molar-refractivity contribution < 1.29 is 5.11 Å². The monoisotopic (exact) mass is 354 g/mol. The van der Waals surface area contributed by atoms with Gasteiger partial charge in [-0.3, -0.25) is 0 Å². The van der Waals surface area contributed by atoms with Crippen LogP contribution >= 0.6 is 12.4 Å². The predicted molar refractivity (Wildman–Crippen MR) is 98.3 cm³/mol. The van der Waals surface area contributed by atoms with Gasteiger partial charge in [0.1, 0.15) is 11.0 Å². The minimum absolute atomic E-state index is 0. The molecule has 0 spiro atoms. The van der Waals surface area contributed by atoms with E-state index in [4.69, 9.17) is 5.11 Å². The van der Waals surface area contributed by atoms with E-state index < -0.39 is 0 Å². The summed E-state index contributed by atoms with van der Waals surface area (Å²) < 4.78 is 0. The highest BCUT2D eigenvalue weighted by atomic mass is 35.5. The Morgan fingerprint density at radius 3 is 1.92 bits per heavy atom. The van der Waals surface area contributed by atoms with Crippen LogP contribution in [-0.4, -0.2) is 58.8 Å². The van der Waals surface area contributed by atoms with Gasteiger partial charge in [-0.25, -0.2) is 9.97 Å². The zero-order chi connectivity index (χ0) is 16.2. The lowest BCUT2D eigenvalue weighted by atomic mass is 10.3. The molecule has 0 aliphatic heterocycles. The molecule has 0 radical (unpaired) electrons. The second-order valence-corrected chi connectivity index (χ2v) is 5.46. The van der Waals surface area contributed by atoms with Crippen LogP contribution in [0.5, 0.6) is 0 Å². The van der Waals surface area contributed by atoms with Crippen LogP contribution in [0.15, 0.2) is 0 Å². The molecule has 5 N–H and O–H groups in total. The highest BCUT2D eigenvalue weighted by Crippen LogP contribution is 2.30. The topological polar surface area (TPSA) is 120 Å². The molecule has 0 unspecified atom stereocenters. The predicted octanol–water partition coefficient (Wildman–Crippen LogP) is 1.15. The molecule has 1 aliphatic carbocycles. The molecule has 10 heteroatoms. The molecule has 1 saturated carbocycles. The summed E-state index contributed by atoms with van der Waals surface area (Å²) in [5.74, 6) is 2.99. The Hall–Kier alpha value is -2.13. The summed E-state index contributed by atoms with van der Waals surface area (Å²) in [5.41, 5.74) is 1.28. The van der Waals surface area contributed by atoms with Crippen molar-refractivity contribution in [1.29, 1.82) is 0 Å². The first-order chi connectivity index (χ1) is 11.2. The molecule has 1 fully saturated rings. The third-order valence-electron chi connectivity index (χ3n) is 3.66. The Kier molecular flexibility index (Phi) is 6.16. The van der Waals surface area contributed by atoms with Crippen LogP contribution in [0.3, 0.4) is 0 Å². The number of anilines is 4. The average molecular weight is 355 g/mol. The molecule has 0 aromatic carbocycles. The molecular formula is C14H23ClN8O. The van der Waals surface area contributed by atoms with Crippen LogP contribution in [0.2, 0.25) is 0 Å². The van der Waals surface area contributed by atoms with Gasteiger partial charge >= 0.3 is 0 Å². The number of aliphatic hydroxyl groups is 1. The highest BCUT2D eigenvalue weighted by molar-refractivity contribution is 5.94. The van der Waals surface area contributed by atoms with Crippen LogP contribution in [0.4, 0.5) is 23.5 Å². The maximum Gasteiger partial charge on any atom is 0.225 e. The van der Waals surface area contributed by atoms with E-state index in [2.05, 4.69) is 41.2 Å². The number of nitrogens with one attached hydrogen (secondary N) is 4. The average Bonchev–Trinajstić information content (AvgIpc) is 3.41. The van der Waals surface area contributed by atoms with Gasteiger partial charge in [0.15, 0.2) is 11.6 Å². The van der Waals surface area contributed by atoms with Gasteiger partial charge in [-0.05, 0) is 18.8 Å². The zero-order valence-corrected chi connectivity index (χ0v) is 14.6. The third kappa shape index (κ3) is 4.04. The van der Waals surface area contributed by atoms with Gasteiger partial charge in [0.2, 0.25) is 11.9 Å². The van der Waals surface area contributed by atoms with Crippen LogP contribution in [0.1, 0.15) is 12.8 Å². The largest absolute Gasteiger partial charge is 0.395 e. The van der Waals surface area contributed by atoms with Crippen LogP contribution < -0.4 is 21.3 Å². The van der Waals surface area contributed by atoms with Gasteiger partial charge in [-0.1, -0.05) is 0 Å². The quantitative estimate of drug-likeness (QED) is 0.475. The summed E-state index contributed by atoms with van der Waals surface area (Å²) in [7, 11) is 3.59. The number of hydrogen-bond donors (Lipinski definition) is 5. The number of fused-ring (bicyclic) bond motifs is 1. The van der Waals surface area contributed by atoms with Crippen molar-refractivity contribution >= 4 is 47.0 Å². The first-order valence-electron chi connectivity index (χ1n) is 7.79.